The monoisotopic (exact) mass is 411 g/mol. The van der Waals surface area contributed by atoms with Gasteiger partial charge in [-0.1, -0.05) is 36.4 Å². The molecule has 0 fully saturated rings. The zero-order chi connectivity index (χ0) is 20.0. The van der Waals surface area contributed by atoms with Crippen molar-refractivity contribution in [3.63, 3.8) is 0 Å². The lowest BCUT2D eigenvalue weighted by molar-refractivity contribution is 0.0981. The van der Waals surface area contributed by atoms with Gasteiger partial charge in [0.25, 0.3) is 15.9 Å². The molecule has 0 heterocycles. The second kappa shape index (κ2) is 8.64. The maximum absolute atomic E-state index is 12.4. The molecule has 0 unspecified atom stereocenters. The van der Waals surface area contributed by atoms with Gasteiger partial charge < -0.3 is 10.6 Å². The van der Waals surface area contributed by atoms with Crippen LogP contribution in [-0.4, -0.2) is 19.4 Å². The van der Waals surface area contributed by atoms with Crippen LogP contribution in [0.4, 0.5) is 11.4 Å². The first-order chi connectivity index (χ1) is 13.4. The molecule has 0 aromatic heterocycles. The summed E-state index contributed by atoms with van der Waals surface area (Å²) in [6, 6.07) is 23.5. The Morgan fingerprint density at radius 1 is 0.714 bits per heavy atom. The van der Waals surface area contributed by atoms with E-state index in [-0.39, 0.29) is 10.5 Å². The molecule has 1 amide bonds. The average molecular weight is 412 g/mol. The van der Waals surface area contributed by atoms with Crippen molar-refractivity contribution in [2.45, 2.75) is 4.90 Å². The quantitative estimate of drug-likeness (QED) is 0.556. The summed E-state index contributed by atoms with van der Waals surface area (Å²) in [4.78, 5) is 12.1. The fraction of sp³-hybridized carbons (Fsp3) is 0. The highest BCUT2D eigenvalue weighted by molar-refractivity contribution is 7.90. The number of benzene rings is 3. The predicted molar refractivity (Wildman–Crippen MR) is 114 cm³/mol. The third kappa shape index (κ3) is 5.15. The van der Waals surface area contributed by atoms with E-state index in [1.807, 2.05) is 30.3 Å². The normalized spacial score (nSPS) is 10.7. The fourth-order valence-electron chi connectivity index (χ4n) is 2.36. The number of sulfonamides is 1. The molecule has 0 radical (unpaired) electrons. The molecule has 0 aliphatic carbocycles. The number of carbonyl (C=O) groups is 1. The predicted octanol–water partition coefficient (Wildman–Crippen LogP) is 3.61. The van der Waals surface area contributed by atoms with Crippen molar-refractivity contribution in [3.05, 3.63) is 90.5 Å². The molecule has 3 rings (SSSR count). The van der Waals surface area contributed by atoms with Crippen LogP contribution in [0.3, 0.4) is 0 Å². The van der Waals surface area contributed by atoms with E-state index in [0.29, 0.717) is 10.8 Å². The molecular formula is C20H17N3O3S2. The summed E-state index contributed by atoms with van der Waals surface area (Å²) in [5.74, 6) is -0.684. The first-order valence-electron chi connectivity index (χ1n) is 8.29. The zero-order valence-corrected chi connectivity index (χ0v) is 16.3. The van der Waals surface area contributed by atoms with Gasteiger partial charge >= 0.3 is 0 Å². The lowest BCUT2D eigenvalue weighted by atomic mass is 10.2. The number of hydrogen-bond donors (Lipinski definition) is 3. The standard InChI is InChI=1S/C20H17N3O3S2/c24-19(15-7-3-1-4-8-15)23-28(25,26)18-13-11-17(12-14-18)22-20(27)21-16-9-5-2-6-10-16/h1-14H,(H,23,24)(H2,21,22,27). The smallest absolute Gasteiger partial charge is 0.264 e. The Morgan fingerprint density at radius 3 is 1.79 bits per heavy atom. The van der Waals surface area contributed by atoms with Crippen LogP contribution in [-0.2, 0) is 10.0 Å². The second-order valence-corrected chi connectivity index (χ2v) is 7.86. The molecule has 0 saturated heterocycles. The molecule has 8 heteroatoms. The van der Waals surface area contributed by atoms with Crippen LogP contribution >= 0.6 is 12.2 Å². The van der Waals surface area contributed by atoms with E-state index in [0.717, 1.165) is 5.69 Å². The minimum absolute atomic E-state index is 0.0238. The summed E-state index contributed by atoms with van der Waals surface area (Å²) in [5.41, 5.74) is 1.71. The SMILES string of the molecule is O=C(NS(=O)(=O)c1ccc(NC(=S)Nc2ccccc2)cc1)c1ccccc1. The topological polar surface area (TPSA) is 87.3 Å². The Hall–Kier alpha value is -3.23. The molecule has 0 aliphatic rings. The summed E-state index contributed by atoms with van der Waals surface area (Å²) in [7, 11) is -3.98. The summed E-state index contributed by atoms with van der Waals surface area (Å²) >= 11 is 5.24. The minimum Gasteiger partial charge on any atom is -0.332 e. The van der Waals surface area contributed by atoms with Crippen molar-refractivity contribution in [2.24, 2.45) is 0 Å². The average Bonchev–Trinajstić information content (AvgIpc) is 2.69. The van der Waals surface area contributed by atoms with E-state index in [1.54, 1.807) is 42.5 Å². The molecule has 0 spiro atoms. The van der Waals surface area contributed by atoms with E-state index in [2.05, 4.69) is 15.4 Å². The molecule has 0 aliphatic heterocycles. The highest BCUT2D eigenvalue weighted by atomic mass is 32.2. The zero-order valence-electron chi connectivity index (χ0n) is 14.6. The van der Waals surface area contributed by atoms with Gasteiger partial charge in [-0.25, -0.2) is 13.1 Å². The highest BCUT2D eigenvalue weighted by Crippen LogP contribution is 2.15. The summed E-state index contributed by atoms with van der Waals surface area (Å²) in [6.45, 7) is 0. The molecule has 3 aromatic rings. The Balaban J connectivity index is 1.64. The van der Waals surface area contributed by atoms with Gasteiger partial charge in [0.05, 0.1) is 4.90 Å². The van der Waals surface area contributed by atoms with Crippen LogP contribution in [0.25, 0.3) is 0 Å². The number of para-hydroxylation sites is 1. The Morgan fingerprint density at radius 2 is 1.21 bits per heavy atom. The highest BCUT2D eigenvalue weighted by Gasteiger charge is 2.18. The molecule has 0 atom stereocenters. The Bertz CT molecular complexity index is 1070. The number of nitrogens with one attached hydrogen (secondary N) is 3. The van der Waals surface area contributed by atoms with Crippen LogP contribution < -0.4 is 15.4 Å². The third-order valence-electron chi connectivity index (χ3n) is 3.72. The second-order valence-electron chi connectivity index (χ2n) is 5.77. The lowest BCUT2D eigenvalue weighted by Gasteiger charge is -2.11. The first kappa shape index (κ1) is 19.5. The van der Waals surface area contributed by atoms with Crippen LogP contribution in [0.1, 0.15) is 10.4 Å². The van der Waals surface area contributed by atoms with E-state index < -0.39 is 15.9 Å². The van der Waals surface area contributed by atoms with Crippen LogP contribution in [0, 0.1) is 0 Å². The van der Waals surface area contributed by atoms with Crippen LogP contribution in [0.2, 0.25) is 0 Å². The van der Waals surface area contributed by atoms with Gasteiger partial charge in [0.15, 0.2) is 5.11 Å². The Labute approximate surface area is 168 Å². The number of thiocarbonyl (C=S) groups is 1. The van der Waals surface area contributed by atoms with E-state index >= 15 is 0 Å². The number of rotatable bonds is 5. The number of anilines is 2. The maximum Gasteiger partial charge on any atom is 0.264 e. The van der Waals surface area contributed by atoms with Gasteiger partial charge in [0.2, 0.25) is 0 Å². The molecule has 28 heavy (non-hydrogen) atoms. The molecule has 3 aromatic carbocycles. The molecular weight excluding hydrogens is 394 g/mol. The van der Waals surface area contributed by atoms with Crippen molar-refractivity contribution in [1.29, 1.82) is 0 Å². The molecule has 142 valence electrons. The van der Waals surface area contributed by atoms with Crippen molar-refractivity contribution in [1.82, 2.24) is 4.72 Å². The van der Waals surface area contributed by atoms with Crippen molar-refractivity contribution in [3.8, 4) is 0 Å². The van der Waals surface area contributed by atoms with Gasteiger partial charge in [0.1, 0.15) is 0 Å². The van der Waals surface area contributed by atoms with Gasteiger partial charge in [-0.15, -0.1) is 0 Å². The van der Waals surface area contributed by atoms with Gasteiger partial charge in [0, 0.05) is 16.9 Å². The summed E-state index contributed by atoms with van der Waals surface area (Å²) in [6.07, 6.45) is 0. The number of amides is 1. The van der Waals surface area contributed by atoms with E-state index in [9.17, 15) is 13.2 Å². The first-order valence-corrected chi connectivity index (χ1v) is 10.2. The van der Waals surface area contributed by atoms with Gasteiger partial charge in [-0.2, -0.15) is 0 Å². The largest absolute Gasteiger partial charge is 0.332 e. The van der Waals surface area contributed by atoms with Crippen LogP contribution in [0.5, 0.6) is 0 Å². The number of hydrogen-bond acceptors (Lipinski definition) is 4. The molecule has 0 saturated carbocycles. The summed E-state index contributed by atoms with van der Waals surface area (Å²) in [5, 5.41) is 6.37. The fourth-order valence-corrected chi connectivity index (χ4v) is 3.57. The van der Waals surface area contributed by atoms with Crippen molar-refractivity contribution < 1.29 is 13.2 Å². The van der Waals surface area contributed by atoms with Crippen LogP contribution in [0.15, 0.2) is 89.8 Å². The van der Waals surface area contributed by atoms with Crippen molar-refractivity contribution in [2.75, 3.05) is 10.6 Å². The third-order valence-corrected chi connectivity index (χ3v) is 5.27. The Kier molecular flexibility index (Phi) is 6.03. The maximum atomic E-state index is 12.4. The summed E-state index contributed by atoms with van der Waals surface area (Å²) < 4.78 is 26.9. The molecule has 6 nitrogen and oxygen atoms in total. The van der Waals surface area contributed by atoms with Crippen molar-refractivity contribution >= 4 is 44.6 Å². The van der Waals surface area contributed by atoms with E-state index in [4.69, 9.17) is 12.2 Å². The molecule has 3 N–H and O–H groups in total. The van der Waals surface area contributed by atoms with E-state index in [1.165, 1.54) is 12.1 Å². The lowest BCUT2D eigenvalue weighted by Crippen LogP contribution is -2.30. The van der Waals surface area contributed by atoms with Gasteiger partial charge in [-0.3, -0.25) is 4.79 Å². The minimum atomic E-state index is -3.98. The molecule has 0 bridgehead atoms. The number of carbonyl (C=O) groups excluding carboxylic acids is 1. The van der Waals surface area contributed by atoms with Gasteiger partial charge in [-0.05, 0) is 60.7 Å².